The van der Waals surface area contributed by atoms with Crippen LogP contribution in [-0.2, 0) is 0 Å². The third kappa shape index (κ3) is 2.76. The maximum atomic E-state index is 12.7. The molecule has 3 heterocycles. The molecule has 1 fully saturated rings. The van der Waals surface area contributed by atoms with E-state index in [0.717, 1.165) is 37.3 Å². The summed E-state index contributed by atoms with van der Waals surface area (Å²) >= 11 is 0. The first-order valence-electron chi connectivity index (χ1n) is 7.99. The van der Waals surface area contributed by atoms with Gasteiger partial charge in [-0.3, -0.25) is 9.78 Å². The van der Waals surface area contributed by atoms with Gasteiger partial charge in [0.25, 0.3) is 5.91 Å². The van der Waals surface area contributed by atoms with E-state index in [1.807, 2.05) is 29.2 Å². The number of amides is 1. The molecular weight excluding hydrogens is 304 g/mol. The summed E-state index contributed by atoms with van der Waals surface area (Å²) in [5.74, 6) is 0.587. The van der Waals surface area contributed by atoms with Crippen molar-refractivity contribution in [2.75, 3.05) is 33.2 Å². The van der Waals surface area contributed by atoms with Gasteiger partial charge in [-0.1, -0.05) is 0 Å². The Morgan fingerprint density at radius 3 is 2.58 bits per heavy atom. The molecule has 1 saturated heterocycles. The van der Waals surface area contributed by atoms with Gasteiger partial charge in [-0.25, -0.2) is 4.98 Å². The molecule has 0 spiro atoms. The number of hydrogen-bond acceptors (Lipinski definition) is 5. The number of aromatic nitrogens is 2. The average molecular weight is 322 g/mol. The van der Waals surface area contributed by atoms with E-state index in [-0.39, 0.29) is 5.91 Å². The number of nitrogens with zero attached hydrogens (tertiary/aromatic N) is 4. The molecule has 0 atom stereocenters. The standard InChI is InChI=1S/C18H18N4O2/c1-21-8-10-22(11-9-21)18(23)14-2-3-15-16(12-14)24-17(20-15)13-4-6-19-7-5-13/h2-7,12H,8-11H2,1H3. The normalized spacial score (nSPS) is 15.8. The van der Waals surface area contributed by atoms with E-state index >= 15 is 0 Å². The fourth-order valence-electron chi connectivity index (χ4n) is 2.87. The molecule has 0 radical (unpaired) electrons. The predicted molar refractivity (Wildman–Crippen MR) is 90.6 cm³/mol. The zero-order valence-electron chi connectivity index (χ0n) is 13.5. The molecular formula is C18H18N4O2. The van der Waals surface area contributed by atoms with Gasteiger partial charge >= 0.3 is 0 Å². The number of oxazole rings is 1. The zero-order chi connectivity index (χ0) is 16.5. The molecule has 6 nitrogen and oxygen atoms in total. The van der Waals surface area contributed by atoms with Crippen LogP contribution in [-0.4, -0.2) is 58.9 Å². The Labute approximate surface area is 139 Å². The molecule has 0 unspecified atom stereocenters. The number of carbonyl (C=O) groups excluding carboxylic acids is 1. The summed E-state index contributed by atoms with van der Waals surface area (Å²) in [5, 5.41) is 0. The maximum Gasteiger partial charge on any atom is 0.254 e. The van der Waals surface area contributed by atoms with Crippen LogP contribution < -0.4 is 0 Å². The van der Waals surface area contributed by atoms with E-state index in [1.165, 1.54) is 0 Å². The molecule has 4 rings (SSSR count). The molecule has 3 aromatic rings. The van der Waals surface area contributed by atoms with Gasteiger partial charge < -0.3 is 14.2 Å². The van der Waals surface area contributed by atoms with Crippen LogP contribution in [0.1, 0.15) is 10.4 Å². The van der Waals surface area contributed by atoms with Crippen molar-refractivity contribution in [2.45, 2.75) is 0 Å². The molecule has 1 aliphatic rings. The van der Waals surface area contributed by atoms with Gasteiger partial charge in [-0.2, -0.15) is 0 Å². The van der Waals surface area contributed by atoms with E-state index in [4.69, 9.17) is 4.42 Å². The van der Waals surface area contributed by atoms with Gasteiger partial charge in [0.05, 0.1) is 0 Å². The Bertz CT molecular complexity index is 867. The van der Waals surface area contributed by atoms with Gasteiger partial charge in [-0.15, -0.1) is 0 Å². The number of pyridine rings is 1. The molecule has 122 valence electrons. The Hall–Kier alpha value is -2.73. The van der Waals surface area contributed by atoms with Crippen LogP contribution in [0.25, 0.3) is 22.6 Å². The summed E-state index contributed by atoms with van der Waals surface area (Å²) in [5.41, 5.74) is 2.89. The summed E-state index contributed by atoms with van der Waals surface area (Å²) in [4.78, 5) is 25.3. The van der Waals surface area contributed by atoms with Crippen LogP contribution in [0.2, 0.25) is 0 Å². The van der Waals surface area contributed by atoms with E-state index in [1.54, 1.807) is 18.5 Å². The van der Waals surface area contributed by atoms with Crippen LogP contribution in [0, 0.1) is 0 Å². The van der Waals surface area contributed by atoms with Gasteiger partial charge in [0.1, 0.15) is 5.52 Å². The minimum atomic E-state index is 0.0480. The fourth-order valence-corrected chi connectivity index (χ4v) is 2.87. The molecule has 1 amide bonds. The highest BCUT2D eigenvalue weighted by Gasteiger charge is 2.21. The molecule has 1 aliphatic heterocycles. The van der Waals surface area contributed by atoms with Crippen molar-refractivity contribution in [3.8, 4) is 11.5 Å². The Morgan fingerprint density at radius 1 is 1.08 bits per heavy atom. The van der Waals surface area contributed by atoms with E-state index < -0.39 is 0 Å². The lowest BCUT2D eigenvalue weighted by Crippen LogP contribution is -2.47. The Kier molecular flexibility index (Phi) is 3.74. The summed E-state index contributed by atoms with van der Waals surface area (Å²) in [6.07, 6.45) is 3.40. The smallest absolute Gasteiger partial charge is 0.254 e. The van der Waals surface area contributed by atoms with E-state index in [0.29, 0.717) is 17.0 Å². The molecule has 2 aromatic heterocycles. The summed E-state index contributed by atoms with van der Waals surface area (Å²) in [7, 11) is 2.07. The van der Waals surface area contributed by atoms with Crippen molar-refractivity contribution in [3.63, 3.8) is 0 Å². The van der Waals surface area contributed by atoms with Gasteiger partial charge in [-0.05, 0) is 37.4 Å². The monoisotopic (exact) mass is 322 g/mol. The maximum absolute atomic E-state index is 12.7. The highest BCUT2D eigenvalue weighted by Crippen LogP contribution is 2.25. The van der Waals surface area contributed by atoms with Crippen LogP contribution in [0.5, 0.6) is 0 Å². The first-order valence-corrected chi connectivity index (χ1v) is 7.99. The lowest BCUT2D eigenvalue weighted by molar-refractivity contribution is 0.0664. The molecule has 24 heavy (non-hydrogen) atoms. The third-order valence-corrected chi connectivity index (χ3v) is 4.35. The SMILES string of the molecule is CN1CCN(C(=O)c2ccc3nc(-c4ccncc4)oc3c2)CC1. The first-order chi connectivity index (χ1) is 11.7. The number of fused-ring (bicyclic) bond motifs is 1. The van der Waals surface area contributed by atoms with Crippen molar-refractivity contribution >= 4 is 17.0 Å². The quantitative estimate of drug-likeness (QED) is 0.724. The van der Waals surface area contributed by atoms with Crippen LogP contribution in [0.15, 0.2) is 47.1 Å². The lowest BCUT2D eigenvalue weighted by atomic mass is 10.1. The molecule has 1 aromatic carbocycles. The second-order valence-electron chi connectivity index (χ2n) is 6.03. The molecule has 0 aliphatic carbocycles. The minimum absolute atomic E-state index is 0.0480. The van der Waals surface area contributed by atoms with Gasteiger partial charge in [0.2, 0.25) is 5.89 Å². The number of benzene rings is 1. The zero-order valence-corrected chi connectivity index (χ0v) is 13.5. The molecule has 0 saturated carbocycles. The predicted octanol–water partition coefficient (Wildman–Crippen LogP) is 2.28. The van der Waals surface area contributed by atoms with Crippen molar-refractivity contribution < 1.29 is 9.21 Å². The van der Waals surface area contributed by atoms with Crippen molar-refractivity contribution in [2.24, 2.45) is 0 Å². The van der Waals surface area contributed by atoms with Crippen LogP contribution >= 0.6 is 0 Å². The van der Waals surface area contributed by atoms with Gasteiger partial charge in [0, 0.05) is 49.7 Å². The first kappa shape index (κ1) is 14.8. The highest BCUT2D eigenvalue weighted by molar-refractivity contribution is 5.97. The Balaban J connectivity index is 1.62. The highest BCUT2D eigenvalue weighted by atomic mass is 16.3. The van der Waals surface area contributed by atoms with Crippen molar-refractivity contribution in [3.05, 3.63) is 48.3 Å². The largest absolute Gasteiger partial charge is 0.436 e. The lowest BCUT2D eigenvalue weighted by Gasteiger charge is -2.32. The number of carbonyl (C=O) groups is 1. The number of hydrogen-bond donors (Lipinski definition) is 0. The second-order valence-corrected chi connectivity index (χ2v) is 6.03. The summed E-state index contributed by atoms with van der Waals surface area (Å²) in [6, 6.07) is 9.14. The Morgan fingerprint density at radius 2 is 1.83 bits per heavy atom. The number of piperazine rings is 1. The molecule has 0 bridgehead atoms. The molecule has 6 heteroatoms. The molecule has 0 N–H and O–H groups in total. The second kappa shape index (κ2) is 6.05. The van der Waals surface area contributed by atoms with E-state index in [9.17, 15) is 4.79 Å². The van der Waals surface area contributed by atoms with Crippen LogP contribution in [0.3, 0.4) is 0 Å². The fraction of sp³-hybridized carbons (Fsp3) is 0.278. The minimum Gasteiger partial charge on any atom is -0.436 e. The van der Waals surface area contributed by atoms with Crippen molar-refractivity contribution in [1.29, 1.82) is 0 Å². The van der Waals surface area contributed by atoms with Gasteiger partial charge in [0.15, 0.2) is 5.58 Å². The summed E-state index contributed by atoms with van der Waals surface area (Å²) < 4.78 is 5.83. The van der Waals surface area contributed by atoms with Crippen LogP contribution in [0.4, 0.5) is 0 Å². The number of likely N-dealkylation sites (N-methyl/N-ethyl adjacent to an activating group) is 1. The van der Waals surface area contributed by atoms with E-state index in [2.05, 4.69) is 21.9 Å². The number of rotatable bonds is 2. The third-order valence-electron chi connectivity index (χ3n) is 4.35. The average Bonchev–Trinajstić information content (AvgIpc) is 3.06. The summed E-state index contributed by atoms with van der Waals surface area (Å²) in [6.45, 7) is 3.32. The van der Waals surface area contributed by atoms with Crippen molar-refractivity contribution in [1.82, 2.24) is 19.8 Å². The topological polar surface area (TPSA) is 62.5 Å².